The Morgan fingerprint density at radius 3 is 1.60 bits per heavy atom. The van der Waals surface area contributed by atoms with Crippen LogP contribution in [0.15, 0.2) is 5.34 Å². The van der Waals surface area contributed by atoms with Crippen molar-refractivity contribution in [2.45, 2.75) is 0 Å². The molecule has 0 saturated carbocycles. The first-order valence-corrected chi connectivity index (χ1v) is 0.383. The molecule has 0 spiro atoms. The van der Waals surface area contributed by atoms with Gasteiger partial charge in [-0.25, -0.2) is 0 Å². The maximum Gasteiger partial charge on any atom is 0.152 e. The van der Waals surface area contributed by atoms with Gasteiger partial charge in [-0.05, 0) is 0 Å². The molecule has 0 aliphatic carbocycles. The summed E-state index contributed by atoms with van der Waals surface area (Å²) < 4.78 is 0. The standard InChI is InChI=1S/HNO2.H2O.Zn/c2-1-3;;/h(H,2,3);1H2;. The summed E-state index contributed by atoms with van der Waals surface area (Å²) in [6.07, 6.45) is 0. The zero-order valence-corrected chi connectivity index (χ0v) is 5.48. The predicted molar refractivity (Wildman–Crippen MR) is 11.2 cm³/mol. The van der Waals surface area contributed by atoms with E-state index in [9.17, 15) is 0 Å². The molecule has 5 heteroatoms. The van der Waals surface area contributed by atoms with Crippen molar-refractivity contribution < 1.29 is 30.2 Å². The molecule has 0 radical (unpaired) electrons. The normalized spacial score (nSPS) is 2.40. The van der Waals surface area contributed by atoms with Crippen molar-refractivity contribution in [3.8, 4) is 0 Å². The Hall–Kier alpha value is -0.0166. The summed E-state index contributed by atoms with van der Waals surface area (Å²) >= 11 is 0. The number of nitrogens with zero attached hydrogens (tertiary/aromatic N) is 1. The molecule has 0 aromatic rings. The summed E-state index contributed by atoms with van der Waals surface area (Å²) in [6, 6.07) is 0. The molecular weight excluding hydrogens is 127 g/mol. The monoisotopic (exact) mass is 129 g/mol. The summed E-state index contributed by atoms with van der Waals surface area (Å²) in [5, 5.41) is 7.89. The minimum Gasteiger partial charge on any atom is -0.412 e. The van der Waals surface area contributed by atoms with E-state index in [4.69, 9.17) is 10.1 Å². The third-order valence-electron chi connectivity index (χ3n) is 0. The Morgan fingerprint density at radius 2 is 1.60 bits per heavy atom. The van der Waals surface area contributed by atoms with Gasteiger partial charge in [0.05, 0.1) is 0 Å². The Balaban J connectivity index is -0.0000000200. The molecule has 0 unspecified atom stereocenters. The zero-order valence-electron chi connectivity index (χ0n) is 2.51. The van der Waals surface area contributed by atoms with Gasteiger partial charge < -0.3 is 10.7 Å². The SMILES string of the molecule is O.O=NO.[Zn]. The zero-order chi connectivity index (χ0) is 2.71. The van der Waals surface area contributed by atoms with Gasteiger partial charge in [0, 0.05) is 19.5 Å². The minimum absolute atomic E-state index is 0. The Labute approximate surface area is 41.2 Å². The molecule has 5 heavy (non-hydrogen) atoms. The first-order chi connectivity index (χ1) is 1.41. The molecule has 0 rings (SSSR count). The smallest absolute Gasteiger partial charge is 0.152 e. The maximum atomic E-state index is 8.11. The van der Waals surface area contributed by atoms with Crippen LogP contribution in [-0.4, -0.2) is 10.7 Å². The fourth-order valence-electron chi connectivity index (χ4n) is 0. The molecule has 0 aliphatic rings. The molecule has 0 aromatic carbocycles. The van der Waals surface area contributed by atoms with Crippen LogP contribution in [0.1, 0.15) is 0 Å². The van der Waals surface area contributed by atoms with E-state index >= 15 is 0 Å². The first-order valence-electron chi connectivity index (χ1n) is 0.383. The van der Waals surface area contributed by atoms with Crippen LogP contribution >= 0.6 is 0 Å². The van der Waals surface area contributed by atoms with Gasteiger partial charge in [0.2, 0.25) is 0 Å². The van der Waals surface area contributed by atoms with Crippen LogP contribution in [0.3, 0.4) is 0 Å². The van der Waals surface area contributed by atoms with Gasteiger partial charge in [-0.15, -0.1) is 4.91 Å². The van der Waals surface area contributed by atoms with Crippen molar-refractivity contribution in [1.82, 2.24) is 0 Å². The van der Waals surface area contributed by atoms with Gasteiger partial charge in [-0.3, -0.25) is 0 Å². The summed E-state index contributed by atoms with van der Waals surface area (Å²) in [7, 11) is 0. The van der Waals surface area contributed by atoms with E-state index in [1.165, 1.54) is 5.34 Å². The van der Waals surface area contributed by atoms with E-state index in [2.05, 4.69) is 0 Å². The second-order valence-corrected chi connectivity index (χ2v) is 0.0816. The van der Waals surface area contributed by atoms with Crippen LogP contribution in [0.25, 0.3) is 0 Å². The fraction of sp³-hybridized carbons (Fsp3) is 0. The summed E-state index contributed by atoms with van der Waals surface area (Å²) in [5.74, 6) is 0. The van der Waals surface area contributed by atoms with Gasteiger partial charge in [0.15, 0.2) is 5.34 Å². The number of hydrogen-bond acceptors (Lipinski definition) is 2. The molecule has 0 aromatic heterocycles. The second kappa shape index (κ2) is 36.7. The average molecular weight is 130 g/mol. The number of hydrogen-bond donors (Lipinski definition) is 1. The topological polar surface area (TPSA) is 81.2 Å². The molecular formula is H3NO3Zn. The largest absolute Gasteiger partial charge is 0.412 e. The molecule has 0 atom stereocenters. The predicted octanol–water partition coefficient (Wildman–Crippen LogP) is -0.685. The van der Waals surface area contributed by atoms with E-state index < -0.39 is 0 Å². The molecule has 0 heterocycles. The molecule has 0 aliphatic heterocycles. The van der Waals surface area contributed by atoms with Gasteiger partial charge >= 0.3 is 0 Å². The second-order valence-electron chi connectivity index (χ2n) is 0.0816. The van der Waals surface area contributed by atoms with Crippen LogP contribution in [0, 0.1) is 4.91 Å². The summed E-state index contributed by atoms with van der Waals surface area (Å²) in [6.45, 7) is 0. The minimum atomic E-state index is 0. The molecule has 0 saturated heterocycles. The van der Waals surface area contributed by atoms with Gasteiger partial charge in [-0.2, -0.15) is 0 Å². The maximum absolute atomic E-state index is 8.11. The van der Waals surface area contributed by atoms with E-state index in [0.29, 0.717) is 0 Å². The van der Waals surface area contributed by atoms with Crippen LogP contribution < -0.4 is 0 Å². The molecule has 28 valence electrons. The quantitative estimate of drug-likeness (QED) is 0.268. The van der Waals surface area contributed by atoms with Crippen LogP contribution in [0.4, 0.5) is 0 Å². The molecule has 0 bridgehead atoms. The average Bonchev–Trinajstić information content (AvgIpc) is 0.918. The van der Waals surface area contributed by atoms with Crippen molar-refractivity contribution in [2.75, 3.05) is 0 Å². The van der Waals surface area contributed by atoms with Crippen LogP contribution in [0.2, 0.25) is 0 Å². The van der Waals surface area contributed by atoms with Crippen molar-refractivity contribution in [3.05, 3.63) is 4.91 Å². The Morgan fingerprint density at radius 1 is 1.60 bits per heavy atom. The summed E-state index contributed by atoms with van der Waals surface area (Å²) in [5.41, 5.74) is 0. The van der Waals surface area contributed by atoms with Gasteiger partial charge in [0.25, 0.3) is 0 Å². The van der Waals surface area contributed by atoms with Crippen LogP contribution in [0.5, 0.6) is 0 Å². The van der Waals surface area contributed by atoms with E-state index in [-0.39, 0.29) is 25.0 Å². The van der Waals surface area contributed by atoms with E-state index in [1.807, 2.05) is 0 Å². The number of rotatable bonds is 0. The molecule has 3 N–H and O–H groups in total. The first kappa shape index (κ1) is 20.1. The fourth-order valence-corrected chi connectivity index (χ4v) is 0. The Kier molecular flexibility index (Phi) is 147. The summed E-state index contributed by atoms with van der Waals surface area (Å²) in [4.78, 5) is 8.11. The van der Waals surface area contributed by atoms with E-state index in [0.717, 1.165) is 0 Å². The van der Waals surface area contributed by atoms with Crippen LogP contribution in [-0.2, 0) is 19.5 Å². The molecule has 4 nitrogen and oxygen atoms in total. The van der Waals surface area contributed by atoms with Crippen molar-refractivity contribution >= 4 is 0 Å². The Bertz CT molecular complexity index is 14.4. The third kappa shape index (κ3) is 56700. The van der Waals surface area contributed by atoms with Gasteiger partial charge in [-0.1, -0.05) is 0 Å². The van der Waals surface area contributed by atoms with Gasteiger partial charge in [0.1, 0.15) is 0 Å². The third-order valence-corrected chi connectivity index (χ3v) is 0. The van der Waals surface area contributed by atoms with E-state index in [1.54, 1.807) is 0 Å². The van der Waals surface area contributed by atoms with Crippen molar-refractivity contribution in [2.24, 2.45) is 5.34 Å². The van der Waals surface area contributed by atoms with Crippen molar-refractivity contribution in [1.29, 1.82) is 0 Å². The van der Waals surface area contributed by atoms with Crippen molar-refractivity contribution in [3.63, 3.8) is 0 Å². The molecule has 0 amide bonds. The molecule has 0 fully saturated rings.